The summed E-state index contributed by atoms with van der Waals surface area (Å²) in [5.74, 6) is 0.411. The monoisotopic (exact) mass is 371 g/mol. The molecule has 0 aliphatic heterocycles. The Balaban J connectivity index is 1.85. The molecule has 26 heavy (non-hydrogen) atoms. The lowest BCUT2D eigenvalue weighted by molar-refractivity contribution is -0.123. The fourth-order valence-electron chi connectivity index (χ4n) is 2.43. The number of amides is 1. The number of benzene rings is 2. The van der Waals surface area contributed by atoms with E-state index in [0.29, 0.717) is 22.4 Å². The number of nitrogens with one attached hydrogen (secondary N) is 2. The van der Waals surface area contributed by atoms with Crippen LogP contribution in [0, 0.1) is 4.77 Å². The standard InChI is InChI=1S/C18H17N3O4S/c1-11(25-15-10-6-5-9-14(15)24-2)16(22)20-21-17(23)12-7-3-4-8-13(12)19-18(21)26/h3-11H,1-2H3,(H,19,26)(H,20,22)/t11-/m0/s1. The second-order valence-electron chi connectivity index (χ2n) is 5.50. The molecule has 0 aliphatic carbocycles. The zero-order valence-electron chi connectivity index (χ0n) is 14.2. The van der Waals surface area contributed by atoms with Crippen LogP contribution in [0.25, 0.3) is 10.9 Å². The minimum atomic E-state index is -0.876. The van der Waals surface area contributed by atoms with Crippen molar-refractivity contribution >= 4 is 29.0 Å². The van der Waals surface area contributed by atoms with Crippen LogP contribution in [0.1, 0.15) is 6.92 Å². The highest BCUT2D eigenvalue weighted by Gasteiger charge is 2.18. The molecule has 2 aromatic carbocycles. The molecule has 1 aromatic heterocycles. The van der Waals surface area contributed by atoms with Gasteiger partial charge in [-0.15, -0.1) is 0 Å². The largest absolute Gasteiger partial charge is 0.493 e. The molecule has 1 atom stereocenters. The van der Waals surface area contributed by atoms with Crippen LogP contribution < -0.4 is 20.5 Å². The van der Waals surface area contributed by atoms with E-state index in [-0.39, 0.29) is 4.77 Å². The molecule has 3 rings (SSSR count). The summed E-state index contributed by atoms with van der Waals surface area (Å²) in [6, 6.07) is 13.9. The maximum Gasteiger partial charge on any atom is 0.281 e. The molecule has 3 aromatic rings. The molecular weight excluding hydrogens is 354 g/mol. The van der Waals surface area contributed by atoms with E-state index >= 15 is 0 Å². The average Bonchev–Trinajstić information content (AvgIpc) is 2.65. The summed E-state index contributed by atoms with van der Waals surface area (Å²) >= 11 is 5.17. The fraction of sp³-hybridized carbons (Fsp3) is 0.167. The van der Waals surface area contributed by atoms with Crippen LogP contribution in [0.4, 0.5) is 0 Å². The van der Waals surface area contributed by atoms with Crippen molar-refractivity contribution in [2.75, 3.05) is 12.5 Å². The molecule has 1 amide bonds. The molecule has 0 saturated carbocycles. The van der Waals surface area contributed by atoms with Crippen molar-refractivity contribution in [2.24, 2.45) is 0 Å². The minimum absolute atomic E-state index is 0.0894. The number of rotatable bonds is 5. The highest BCUT2D eigenvalue weighted by atomic mass is 32.1. The van der Waals surface area contributed by atoms with Gasteiger partial charge in [-0.3, -0.25) is 15.0 Å². The first-order valence-corrected chi connectivity index (χ1v) is 8.26. The first kappa shape index (κ1) is 17.7. The molecule has 8 heteroatoms. The van der Waals surface area contributed by atoms with Crippen LogP contribution in [-0.2, 0) is 4.79 Å². The first-order chi connectivity index (χ1) is 12.5. The molecule has 0 saturated heterocycles. The van der Waals surface area contributed by atoms with Crippen molar-refractivity contribution in [2.45, 2.75) is 13.0 Å². The predicted molar refractivity (Wildman–Crippen MR) is 101 cm³/mol. The Labute approximate surface area is 154 Å². The predicted octanol–water partition coefficient (Wildman–Crippen LogP) is 2.61. The van der Waals surface area contributed by atoms with Gasteiger partial charge in [-0.1, -0.05) is 24.3 Å². The number of hydrogen-bond donors (Lipinski definition) is 2. The Hall–Kier alpha value is -3.13. The third kappa shape index (κ3) is 3.45. The number of H-pyrrole nitrogens is 1. The van der Waals surface area contributed by atoms with Gasteiger partial charge in [-0.25, -0.2) is 0 Å². The van der Waals surface area contributed by atoms with Crippen LogP contribution in [-0.4, -0.2) is 28.8 Å². The second-order valence-corrected chi connectivity index (χ2v) is 5.89. The summed E-state index contributed by atoms with van der Waals surface area (Å²) in [6.07, 6.45) is -0.876. The minimum Gasteiger partial charge on any atom is -0.493 e. The van der Waals surface area contributed by atoms with Gasteiger partial charge in [-0.05, 0) is 43.4 Å². The molecule has 0 radical (unpaired) electrons. The van der Waals surface area contributed by atoms with Crippen molar-refractivity contribution < 1.29 is 14.3 Å². The highest BCUT2D eigenvalue weighted by Crippen LogP contribution is 2.26. The van der Waals surface area contributed by atoms with Crippen molar-refractivity contribution in [1.29, 1.82) is 0 Å². The average molecular weight is 371 g/mol. The number of aromatic amines is 1. The third-order valence-corrected chi connectivity index (χ3v) is 4.05. The lowest BCUT2D eigenvalue weighted by Gasteiger charge is -2.17. The molecule has 134 valence electrons. The zero-order chi connectivity index (χ0) is 18.7. The van der Waals surface area contributed by atoms with E-state index in [9.17, 15) is 9.59 Å². The molecular formula is C18H17N3O4S. The van der Waals surface area contributed by atoms with Gasteiger partial charge in [0.15, 0.2) is 22.4 Å². The number of para-hydroxylation sites is 3. The molecule has 0 unspecified atom stereocenters. The van der Waals surface area contributed by atoms with Crippen LogP contribution in [0.2, 0.25) is 0 Å². The lowest BCUT2D eigenvalue weighted by Crippen LogP contribution is -2.40. The third-order valence-electron chi connectivity index (χ3n) is 3.77. The first-order valence-electron chi connectivity index (χ1n) is 7.86. The molecule has 2 N–H and O–H groups in total. The maximum atomic E-state index is 12.6. The Kier molecular flexibility index (Phi) is 5.04. The number of hydrogen-bond acceptors (Lipinski definition) is 5. The van der Waals surface area contributed by atoms with E-state index in [1.165, 1.54) is 7.11 Å². The van der Waals surface area contributed by atoms with Gasteiger partial charge >= 0.3 is 0 Å². The van der Waals surface area contributed by atoms with Crippen molar-refractivity contribution in [1.82, 2.24) is 9.66 Å². The number of fused-ring (bicyclic) bond motifs is 1. The summed E-state index contributed by atoms with van der Waals surface area (Å²) in [5, 5.41) is 0.416. The molecule has 0 fully saturated rings. The lowest BCUT2D eigenvalue weighted by atomic mass is 10.2. The number of aromatic nitrogens is 2. The molecule has 7 nitrogen and oxygen atoms in total. The highest BCUT2D eigenvalue weighted by molar-refractivity contribution is 7.71. The van der Waals surface area contributed by atoms with Crippen molar-refractivity contribution in [3.63, 3.8) is 0 Å². The van der Waals surface area contributed by atoms with E-state index in [2.05, 4.69) is 10.4 Å². The van der Waals surface area contributed by atoms with Crippen LogP contribution in [0.3, 0.4) is 0 Å². The molecule has 0 aliphatic rings. The van der Waals surface area contributed by atoms with Crippen molar-refractivity contribution in [3.05, 3.63) is 63.7 Å². The summed E-state index contributed by atoms with van der Waals surface area (Å²) < 4.78 is 11.9. The van der Waals surface area contributed by atoms with Gasteiger partial charge < -0.3 is 14.5 Å². The van der Waals surface area contributed by atoms with E-state index < -0.39 is 17.6 Å². The van der Waals surface area contributed by atoms with Gasteiger partial charge in [0.25, 0.3) is 11.5 Å². The van der Waals surface area contributed by atoms with E-state index in [0.717, 1.165) is 4.68 Å². The number of ether oxygens (including phenoxy) is 2. The Morgan fingerprint density at radius 3 is 2.54 bits per heavy atom. The summed E-state index contributed by atoms with van der Waals surface area (Å²) in [4.78, 5) is 27.9. The fourth-order valence-corrected chi connectivity index (χ4v) is 2.66. The Morgan fingerprint density at radius 1 is 1.15 bits per heavy atom. The molecule has 0 bridgehead atoms. The summed E-state index contributed by atoms with van der Waals surface area (Å²) in [7, 11) is 1.51. The van der Waals surface area contributed by atoms with E-state index in [1.807, 2.05) is 0 Å². The van der Waals surface area contributed by atoms with E-state index in [4.69, 9.17) is 21.7 Å². The number of carbonyl (C=O) groups is 1. The smallest absolute Gasteiger partial charge is 0.281 e. The zero-order valence-corrected chi connectivity index (χ0v) is 15.0. The van der Waals surface area contributed by atoms with Gasteiger partial charge in [0.05, 0.1) is 18.0 Å². The van der Waals surface area contributed by atoms with Crippen molar-refractivity contribution in [3.8, 4) is 11.5 Å². The number of methoxy groups -OCH3 is 1. The normalized spacial score (nSPS) is 11.8. The van der Waals surface area contributed by atoms with Crippen LogP contribution >= 0.6 is 12.2 Å². The maximum absolute atomic E-state index is 12.6. The Morgan fingerprint density at radius 2 is 1.81 bits per heavy atom. The second kappa shape index (κ2) is 7.40. The molecule has 0 spiro atoms. The van der Waals surface area contributed by atoms with Gasteiger partial charge in [0.1, 0.15) is 0 Å². The van der Waals surface area contributed by atoms with Crippen LogP contribution in [0.15, 0.2) is 53.3 Å². The summed E-state index contributed by atoms with van der Waals surface area (Å²) in [6.45, 7) is 1.57. The summed E-state index contributed by atoms with van der Waals surface area (Å²) in [5.41, 5.74) is 2.68. The Bertz CT molecular complexity index is 1070. The topological polar surface area (TPSA) is 85.3 Å². The van der Waals surface area contributed by atoms with Crippen LogP contribution in [0.5, 0.6) is 11.5 Å². The number of nitrogens with zero attached hydrogens (tertiary/aromatic N) is 1. The van der Waals surface area contributed by atoms with E-state index in [1.54, 1.807) is 55.5 Å². The van der Waals surface area contributed by atoms with Gasteiger partial charge in [0.2, 0.25) is 0 Å². The number of carbonyl (C=O) groups excluding carboxylic acids is 1. The SMILES string of the molecule is COc1ccccc1O[C@@H](C)C(=O)Nn1c(=S)[nH]c2ccccc2c1=O. The van der Waals surface area contributed by atoms with Gasteiger partial charge in [0, 0.05) is 0 Å². The molecule has 1 heterocycles. The quantitative estimate of drug-likeness (QED) is 0.674. The van der Waals surface area contributed by atoms with Gasteiger partial charge in [-0.2, -0.15) is 4.68 Å².